The zero-order chi connectivity index (χ0) is 10.1. The third-order valence-electron chi connectivity index (χ3n) is 2.57. The van der Waals surface area contributed by atoms with Gasteiger partial charge in [-0.15, -0.1) is 0 Å². The van der Waals surface area contributed by atoms with E-state index < -0.39 is 0 Å². The summed E-state index contributed by atoms with van der Waals surface area (Å²) in [5.41, 5.74) is 0. The summed E-state index contributed by atoms with van der Waals surface area (Å²) in [5, 5.41) is 3.80. The van der Waals surface area contributed by atoms with Gasteiger partial charge in [0.05, 0.1) is 6.54 Å². The molecule has 14 heavy (non-hydrogen) atoms. The Hall–Kier alpha value is -0.900. The molecule has 1 saturated carbocycles. The molecule has 0 amide bonds. The Morgan fingerprint density at radius 2 is 2.21 bits per heavy atom. The average Bonchev–Trinajstić information content (AvgIpc) is 2.86. The fourth-order valence-corrected chi connectivity index (χ4v) is 1.70. The topological polar surface area (TPSA) is 42.2 Å². The highest BCUT2D eigenvalue weighted by Crippen LogP contribution is 2.29. The van der Waals surface area contributed by atoms with Gasteiger partial charge in [0.15, 0.2) is 5.82 Å². The monoisotopic (exact) mass is 195 g/mol. The molecule has 0 atom stereocenters. The molecule has 0 spiro atoms. The molecule has 0 saturated heterocycles. The van der Waals surface area contributed by atoms with Crippen molar-refractivity contribution >= 4 is 0 Å². The largest absolute Gasteiger partial charge is 0.338 e. The van der Waals surface area contributed by atoms with Crippen LogP contribution in [0.25, 0.3) is 0 Å². The second-order valence-electron chi connectivity index (χ2n) is 4.23. The summed E-state index contributed by atoms with van der Waals surface area (Å²) in [7, 11) is 0. The number of aromatic nitrogens is 2. The molecule has 0 N–H and O–H groups in total. The van der Waals surface area contributed by atoms with Crippen molar-refractivity contribution in [3.05, 3.63) is 11.7 Å². The Kier molecular flexibility index (Phi) is 2.54. The van der Waals surface area contributed by atoms with Gasteiger partial charge in [-0.05, 0) is 33.6 Å². The third kappa shape index (κ3) is 2.12. The van der Waals surface area contributed by atoms with E-state index in [1.54, 1.807) is 0 Å². The molecule has 0 aliphatic heterocycles. The lowest BCUT2D eigenvalue weighted by Gasteiger charge is -2.24. The molecule has 1 heterocycles. The smallest absolute Gasteiger partial charge is 0.240 e. The standard InChI is InChI=1S/C10H17N3O/c1-7(2)13(9-4-5-9)6-10-11-8(3)12-14-10/h7,9H,4-6H2,1-3H3. The van der Waals surface area contributed by atoms with Crippen molar-refractivity contribution in [2.75, 3.05) is 0 Å². The molecule has 2 rings (SSSR count). The van der Waals surface area contributed by atoms with Crippen molar-refractivity contribution in [3.8, 4) is 0 Å². The molecule has 0 unspecified atom stereocenters. The van der Waals surface area contributed by atoms with Crippen molar-refractivity contribution in [2.45, 2.75) is 52.2 Å². The van der Waals surface area contributed by atoms with Crippen LogP contribution < -0.4 is 0 Å². The number of hydrogen-bond donors (Lipinski definition) is 0. The second-order valence-corrected chi connectivity index (χ2v) is 4.23. The van der Waals surface area contributed by atoms with Crippen LogP contribution in [0.2, 0.25) is 0 Å². The van der Waals surface area contributed by atoms with Gasteiger partial charge in [-0.3, -0.25) is 4.90 Å². The lowest BCUT2D eigenvalue weighted by molar-refractivity contribution is 0.175. The molecule has 0 bridgehead atoms. The number of rotatable bonds is 4. The summed E-state index contributed by atoms with van der Waals surface area (Å²) in [5.74, 6) is 1.46. The highest BCUT2D eigenvalue weighted by atomic mass is 16.5. The summed E-state index contributed by atoms with van der Waals surface area (Å²) in [6.07, 6.45) is 2.62. The van der Waals surface area contributed by atoms with Crippen LogP contribution in [0.1, 0.15) is 38.4 Å². The van der Waals surface area contributed by atoms with E-state index in [9.17, 15) is 0 Å². The lowest BCUT2D eigenvalue weighted by atomic mass is 10.3. The third-order valence-corrected chi connectivity index (χ3v) is 2.57. The van der Waals surface area contributed by atoms with Crippen LogP contribution in [-0.2, 0) is 6.54 Å². The first-order chi connectivity index (χ1) is 6.66. The van der Waals surface area contributed by atoms with Gasteiger partial charge >= 0.3 is 0 Å². The van der Waals surface area contributed by atoms with Crippen molar-refractivity contribution in [2.24, 2.45) is 0 Å². The number of nitrogens with zero attached hydrogens (tertiary/aromatic N) is 3. The van der Waals surface area contributed by atoms with E-state index in [4.69, 9.17) is 4.52 Å². The Morgan fingerprint density at radius 1 is 1.50 bits per heavy atom. The van der Waals surface area contributed by atoms with Crippen molar-refractivity contribution < 1.29 is 4.52 Å². The zero-order valence-electron chi connectivity index (χ0n) is 9.03. The maximum Gasteiger partial charge on any atom is 0.240 e. The quantitative estimate of drug-likeness (QED) is 0.734. The summed E-state index contributed by atoms with van der Waals surface area (Å²) in [6, 6.07) is 1.29. The van der Waals surface area contributed by atoms with Crippen molar-refractivity contribution in [1.29, 1.82) is 0 Å². The molecule has 1 aliphatic rings. The Bertz CT molecular complexity index is 302. The van der Waals surface area contributed by atoms with Crippen LogP contribution in [0.4, 0.5) is 0 Å². The number of hydrogen-bond acceptors (Lipinski definition) is 4. The maximum absolute atomic E-state index is 5.12. The minimum atomic E-state index is 0.551. The van der Waals surface area contributed by atoms with E-state index in [2.05, 4.69) is 28.9 Å². The fraction of sp³-hybridized carbons (Fsp3) is 0.800. The van der Waals surface area contributed by atoms with Crippen molar-refractivity contribution in [3.63, 3.8) is 0 Å². The zero-order valence-corrected chi connectivity index (χ0v) is 9.03. The normalized spacial score (nSPS) is 16.9. The Labute approximate surface area is 84.3 Å². The fourth-order valence-electron chi connectivity index (χ4n) is 1.70. The van der Waals surface area contributed by atoms with Gasteiger partial charge in [0.2, 0.25) is 5.89 Å². The highest BCUT2D eigenvalue weighted by molar-refractivity contribution is 4.90. The molecule has 4 heteroatoms. The minimum Gasteiger partial charge on any atom is -0.338 e. The lowest BCUT2D eigenvalue weighted by Crippen LogP contribution is -2.32. The maximum atomic E-state index is 5.12. The van der Waals surface area contributed by atoms with E-state index >= 15 is 0 Å². The van der Waals surface area contributed by atoms with Gasteiger partial charge in [-0.1, -0.05) is 5.16 Å². The molecule has 0 aromatic carbocycles. The van der Waals surface area contributed by atoms with Gasteiger partial charge in [0.25, 0.3) is 0 Å². The van der Waals surface area contributed by atoms with Crippen LogP contribution in [0.5, 0.6) is 0 Å². The molecule has 1 aromatic rings. The van der Waals surface area contributed by atoms with E-state index in [1.807, 2.05) is 6.92 Å². The molecule has 0 radical (unpaired) electrons. The summed E-state index contributed by atoms with van der Waals surface area (Å²) < 4.78 is 5.12. The molecular weight excluding hydrogens is 178 g/mol. The van der Waals surface area contributed by atoms with Crippen molar-refractivity contribution in [1.82, 2.24) is 15.0 Å². The van der Waals surface area contributed by atoms with Crippen LogP contribution >= 0.6 is 0 Å². The van der Waals surface area contributed by atoms with Crippen LogP contribution in [0.15, 0.2) is 4.52 Å². The van der Waals surface area contributed by atoms with E-state index in [0.717, 1.165) is 24.3 Å². The first kappa shape index (κ1) is 9.65. The van der Waals surface area contributed by atoms with E-state index in [0.29, 0.717) is 6.04 Å². The van der Waals surface area contributed by atoms with Crippen LogP contribution in [0, 0.1) is 6.92 Å². The van der Waals surface area contributed by atoms with Gasteiger partial charge in [-0.2, -0.15) is 4.98 Å². The van der Waals surface area contributed by atoms with Gasteiger partial charge in [0.1, 0.15) is 0 Å². The van der Waals surface area contributed by atoms with E-state index in [1.165, 1.54) is 12.8 Å². The SMILES string of the molecule is Cc1noc(CN(C(C)C)C2CC2)n1. The summed E-state index contributed by atoms with van der Waals surface area (Å²) in [6.45, 7) is 7.07. The van der Waals surface area contributed by atoms with Gasteiger partial charge in [0, 0.05) is 12.1 Å². The summed E-state index contributed by atoms with van der Waals surface area (Å²) >= 11 is 0. The van der Waals surface area contributed by atoms with Crippen LogP contribution in [-0.4, -0.2) is 27.1 Å². The Morgan fingerprint density at radius 3 is 2.64 bits per heavy atom. The first-order valence-electron chi connectivity index (χ1n) is 5.21. The van der Waals surface area contributed by atoms with Crippen LogP contribution in [0.3, 0.4) is 0 Å². The molecule has 4 nitrogen and oxygen atoms in total. The molecular formula is C10H17N3O. The predicted octanol–water partition coefficient (Wildman–Crippen LogP) is 1.75. The molecule has 78 valence electrons. The van der Waals surface area contributed by atoms with Gasteiger partial charge in [-0.25, -0.2) is 0 Å². The van der Waals surface area contributed by atoms with Gasteiger partial charge < -0.3 is 4.52 Å². The number of aryl methyl sites for hydroxylation is 1. The summed E-state index contributed by atoms with van der Waals surface area (Å²) in [4.78, 5) is 6.65. The minimum absolute atomic E-state index is 0.551. The predicted molar refractivity (Wildman–Crippen MR) is 52.7 cm³/mol. The molecule has 1 aromatic heterocycles. The second kappa shape index (κ2) is 3.69. The average molecular weight is 195 g/mol. The highest BCUT2D eigenvalue weighted by Gasteiger charge is 2.31. The van der Waals surface area contributed by atoms with E-state index in [-0.39, 0.29) is 0 Å². The first-order valence-corrected chi connectivity index (χ1v) is 5.21. The molecule has 1 fully saturated rings. The Balaban J connectivity index is 1.99. The molecule has 1 aliphatic carbocycles.